The summed E-state index contributed by atoms with van der Waals surface area (Å²) in [5, 5.41) is 9.53. The monoisotopic (exact) mass is 243 g/mol. The number of carbonyl (C=O) groups is 1. The van der Waals surface area contributed by atoms with Crippen molar-refractivity contribution in [1.82, 2.24) is 4.90 Å². The van der Waals surface area contributed by atoms with Crippen molar-refractivity contribution in [3.8, 4) is 0 Å². The molecule has 2 fully saturated rings. The van der Waals surface area contributed by atoms with Crippen molar-refractivity contribution in [2.24, 2.45) is 5.92 Å². The molecule has 3 aliphatic rings. The third-order valence-corrected chi connectivity index (χ3v) is 4.34. The maximum atomic E-state index is 11.6. The first-order chi connectivity index (χ1) is 7.25. The van der Waals surface area contributed by atoms with Gasteiger partial charge in [-0.05, 0) is 50.1 Å². The zero-order valence-electron chi connectivity index (χ0n) is 9.32. The van der Waals surface area contributed by atoms with E-state index in [4.69, 9.17) is 0 Å². The van der Waals surface area contributed by atoms with Gasteiger partial charge in [-0.25, -0.2) is 4.79 Å². The van der Waals surface area contributed by atoms with E-state index in [-0.39, 0.29) is 12.4 Å². The normalized spacial score (nSPS) is 37.2. The van der Waals surface area contributed by atoms with E-state index < -0.39 is 11.5 Å². The smallest absolute Gasteiger partial charge is 0.328 e. The fourth-order valence-electron chi connectivity index (χ4n) is 3.72. The van der Waals surface area contributed by atoms with Crippen LogP contribution in [0.4, 0.5) is 0 Å². The molecular weight excluding hydrogens is 226 g/mol. The summed E-state index contributed by atoms with van der Waals surface area (Å²) in [6.07, 6.45) is 7.58. The van der Waals surface area contributed by atoms with E-state index in [1.807, 2.05) is 0 Å². The third-order valence-electron chi connectivity index (χ3n) is 4.34. The lowest BCUT2D eigenvalue weighted by molar-refractivity contribution is -0.145. The third kappa shape index (κ3) is 1.34. The molecule has 16 heavy (non-hydrogen) atoms. The van der Waals surface area contributed by atoms with Crippen LogP contribution in [0.5, 0.6) is 0 Å². The molecule has 0 radical (unpaired) electrons. The Morgan fingerprint density at radius 1 is 1.50 bits per heavy atom. The molecule has 0 aromatic heterocycles. The predicted octanol–water partition coefficient (Wildman–Crippen LogP) is 2.07. The minimum Gasteiger partial charge on any atom is -0.480 e. The van der Waals surface area contributed by atoms with Crippen molar-refractivity contribution in [1.29, 1.82) is 0 Å². The van der Waals surface area contributed by atoms with Crippen LogP contribution in [0, 0.1) is 5.92 Å². The first-order valence-corrected chi connectivity index (χ1v) is 5.94. The quantitative estimate of drug-likeness (QED) is 0.717. The molecule has 0 amide bonds. The number of halogens is 1. The van der Waals surface area contributed by atoms with Crippen LogP contribution in [-0.2, 0) is 4.79 Å². The van der Waals surface area contributed by atoms with Gasteiger partial charge in [-0.15, -0.1) is 12.4 Å². The number of hydrogen-bond acceptors (Lipinski definition) is 2. The Morgan fingerprint density at radius 2 is 2.31 bits per heavy atom. The summed E-state index contributed by atoms with van der Waals surface area (Å²) in [7, 11) is 0. The first-order valence-electron chi connectivity index (χ1n) is 5.94. The van der Waals surface area contributed by atoms with E-state index in [2.05, 4.69) is 11.0 Å². The molecule has 2 aliphatic heterocycles. The summed E-state index contributed by atoms with van der Waals surface area (Å²) in [6.45, 7) is 1.96. The van der Waals surface area contributed by atoms with Crippen LogP contribution in [0.15, 0.2) is 11.6 Å². The highest BCUT2D eigenvalue weighted by Crippen LogP contribution is 2.49. The van der Waals surface area contributed by atoms with Crippen LogP contribution in [0.1, 0.15) is 32.1 Å². The van der Waals surface area contributed by atoms with Gasteiger partial charge in [-0.2, -0.15) is 0 Å². The summed E-state index contributed by atoms with van der Waals surface area (Å²) in [6, 6.07) is 0. The zero-order chi connectivity index (χ0) is 10.5. The largest absolute Gasteiger partial charge is 0.480 e. The maximum absolute atomic E-state index is 11.6. The molecule has 90 valence electrons. The molecule has 2 heterocycles. The van der Waals surface area contributed by atoms with Crippen molar-refractivity contribution in [3.05, 3.63) is 11.6 Å². The van der Waals surface area contributed by atoms with Gasteiger partial charge in [0.25, 0.3) is 0 Å². The Bertz CT molecular complexity index is 342. The van der Waals surface area contributed by atoms with Crippen LogP contribution < -0.4 is 0 Å². The molecule has 3 nitrogen and oxygen atoms in total. The van der Waals surface area contributed by atoms with Crippen molar-refractivity contribution in [3.63, 3.8) is 0 Å². The Kier molecular flexibility index (Phi) is 3.01. The molecule has 0 aromatic carbocycles. The molecule has 2 saturated heterocycles. The van der Waals surface area contributed by atoms with Gasteiger partial charge in [0.2, 0.25) is 0 Å². The van der Waals surface area contributed by atoms with Crippen LogP contribution in [0.2, 0.25) is 0 Å². The minimum atomic E-state index is -0.615. The Balaban J connectivity index is 0.000000963. The van der Waals surface area contributed by atoms with Crippen LogP contribution >= 0.6 is 12.4 Å². The van der Waals surface area contributed by atoms with Gasteiger partial charge < -0.3 is 5.11 Å². The Labute approximate surface area is 102 Å². The molecule has 2 unspecified atom stereocenters. The average Bonchev–Trinajstić information content (AvgIpc) is 2.73. The van der Waals surface area contributed by atoms with Gasteiger partial charge in [0.1, 0.15) is 5.54 Å². The topological polar surface area (TPSA) is 40.5 Å². The van der Waals surface area contributed by atoms with Gasteiger partial charge in [-0.1, -0.05) is 6.08 Å². The van der Waals surface area contributed by atoms with E-state index in [1.165, 1.54) is 18.4 Å². The van der Waals surface area contributed by atoms with Crippen molar-refractivity contribution < 1.29 is 9.90 Å². The number of carboxylic acids is 1. The molecule has 3 rings (SSSR count). The molecule has 1 N–H and O–H groups in total. The van der Waals surface area contributed by atoms with Crippen LogP contribution in [-0.4, -0.2) is 34.6 Å². The molecular formula is C12H18ClNO2. The number of fused-ring (bicyclic) bond motifs is 3. The second-order valence-electron chi connectivity index (χ2n) is 5.00. The lowest BCUT2D eigenvalue weighted by Crippen LogP contribution is -2.47. The zero-order valence-corrected chi connectivity index (χ0v) is 10.1. The molecule has 1 aliphatic carbocycles. The van der Waals surface area contributed by atoms with E-state index in [0.717, 1.165) is 32.4 Å². The lowest BCUT2D eigenvalue weighted by atomic mass is 9.79. The SMILES string of the molecule is Cl.O=C(O)C12CCCN1CC1CCCC=C12. The number of carboxylic acid groups (broad SMARTS) is 1. The van der Waals surface area contributed by atoms with Crippen LogP contribution in [0.3, 0.4) is 0 Å². The number of hydrogen-bond donors (Lipinski definition) is 1. The minimum absolute atomic E-state index is 0. The summed E-state index contributed by atoms with van der Waals surface area (Å²) in [5.41, 5.74) is 0.643. The van der Waals surface area contributed by atoms with Gasteiger partial charge in [0.15, 0.2) is 0 Å². The summed E-state index contributed by atoms with van der Waals surface area (Å²) in [4.78, 5) is 13.8. The second kappa shape index (κ2) is 4.04. The van der Waals surface area contributed by atoms with Gasteiger partial charge in [-0.3, -0.25) is 4.90 Å². The summed E-state index contributed by atoms with van der Waals surface area (Å²) in [5.74, 6) is -0.0780. The standard InChI is InChI=1S/C12H17NO2.ClH/c14-11(15)12-6-3-7-13(12)8-9-4-1-2-5-10(9)12;/h5,9H,1-4,6-8H2,(H,14,15);1H. The average molecular weight is 244 g/mol. The molecule has 2 atom stereocenters. The number of rotatable bonds is 1. The maximum Gasteiger partial charge on any atom is 0.328 e. The van der Waals surface area contributed by atoms with Gasteiger partial charge in [0, 0.05) is 6.54 Å². The second-order valence-corrected chi connectivity index (χ2v) is 5.00. The van der Waals surface area contributed by atoms with Crippen molar-refractivity contribution >= 4 is 18.4 Å². The number of nitrogens with zero attached hydrogens (tertiary/aromatic N) is 1. The molecule has 4 heteroatoms. The highest BCUT2D eigenvalue weighted by molar-refractivity contribution is 5.85. The van der Waals surface area contributed by atoms with E-state index >= 15 is 0 Å². The molecule has 0 spiro atoms. The fourth-order valence-corrected chi connectivity index (χ4v) is 3.72. The van der Waals surface area contributed by atoms with Gasteiger partial charge in [0.05, 0.1) is 0 Å². The van der Waals surface area contributed by atoms with Gasteiger partial charge >= 0.3 is 5.97 Å². The highest BCUT2D eigenvalue weighted by atomic mass is 35.5. The Morgan fingerprint density at radius 3 is 3.06 bits per heavy atom. The number of allylic oxidation sites excluding steroid dienone is 1. The molecule has 0 aromatic rings. The first kappa shape index (κ1) is 11.9. The van der Waals surface area contributed by atoms with E-state index in [1.54, 1.807) is 0 Å². The molecule has 0 saturated carbocycles. The summed E-state index contributed by atoms with van der Waals surface area (Å²) >= 11 is 0. The van der Waals surface area contributed by atoms with Crippen molar-refractivity contribution in [2.75, 3.05) is 13.1 Å². The Hall–Kier alpha value is -0.540. The van der Waals surface area contributed by atoms with E-state index in [9.17, 15) is 9.90 Å². The summed E-state index contributed by atoms with van der Waals surface area (Å²) < 4.78 is 0. The van der Waals surface area contributed by atoms with Crippen molar-refractivity contribution in [2.45, 2.75) is 37.6 Å². The highest BCUT2D eigenvalue weighted by Gasteiger charge is 2.57. The van der Waals surface area contributed by atoms with E-state index in [0.29, 0.717) is 5.92 Å². The fraction of sp³-hybridized carbons (Fsp3) is 0.750. The predicted molar refractivity (Wildman–Crippen MR) is 63.8 cm³/mol. The lowest BCUT2D eigenvalue weighted by Gasteiger charge is -2.29. The molecule has 0 bridgehead atoms. The number of aliphatic carboxylic acids is 1. The van der Waals surface area contributed by atoms with Crippen LogP contribution in [0.25, 0.3) is 0 Å².